The quantitative estimate of drug-likeness (QED) is 0.649. The Bertz CT molecular complexity index is 500. The molecule has 0 bridgehead atoms. The molecule has 0 aliphatic carbocycles. The van der Waals surface area contributed by atoms with Crippen molar-refractivity contribution in [1.29, 1.82) is 0 Å². The van der Waals surface area contributed by atoms with Gasteiger partial charge in [-0.3, -0.25) is 4.79 Å². The summed E-state index contributed by atoms with van der Waals surface area (Å²) in [6.45, 7) is 0.422. The number of amides is 1. The van der Waals surface area contributed by atoms with Crippen molar-refractivity contribution in [2.24, 2.45) is 5.73 Å². The van der Waals surface area contributed by atoms with E-state index in [0.717, 1.165) is 0 Å². The van der Waals surface area contributed by atoms with E-state index in [0.29, 0.717) is 16.9 Å². The Balaban J connectivity index is 2.38. The first-order valence-electron chi connectivity index (χ1n) is 6.05. The molecule has 0 saturated carbocycles. The van der Waals surface area contributed by atoms with E-state index in [1.807, 2.05) is 0 Å². The summed E-state index contributed by atoms with van der Waals surface area (Å²) in [4.78, 5) is 12.3. The number of nitrogens with two attached hydrogens (primary N) is 1. The summed E-state index contributed by atoms with van der Waals surface area (Å²) in [6.07, 6.45) is -4.66. The zero-order valence-corrected chi connectivity index (χ0v) is 11.5. The molecule has 110 valence electrons. The monoisotopic (exact) mass is 304 g/mol. The SMILES string of the molecule is NCC#Cc1ccsc1C(=O)NCCCCC(F)(F)F. The Labute approximate surface area is 119 Å². The fourth-order valence-corrected chi connectivity index (χ4v) is 2.23. The number of carbonyl (C=O) groups is 1. The fraction of sp³-hybridized carbons (Fsp3) is 0.462. The molecule has 0 aromatic carbocycles. The number of carbonyl (C=O) groups excluding carboxylic acids is 1. The second kappa shape index (κ2) is 7.92. The number of alkyl halides is 3. The highest BCUT2D eigenvalue weighted by molar-refractivity contribution is 7.12. The molecular weight excluding hydrogens is 289 g/mol. The van der Waals surface area contributed by atoms with Gasteiger partial charge < -0.3 is 11.1 Å². The predicted octanol–water partition coefficient (Wildman–Crippen LogP) is 2.52. The summed E-state index contributed by atoms with van der Waals surface area (Å²) in [5, 5.41) is 4.33. The standard InChI is InChI=1S/C13H15F3N2OS/c14-13(15,16)6-1-2-8-18-12(19)11-10(4-3-7-17)5-9-20-11/h5,9H,1-2,6-8,17H2,(H,18,19). The summed E-state index contributed by atoms with van der Waals surface area (Å²) < 4.78 is 35.8. The molecule has 20 heavy (non-hydrogen) atoms. The number of hydrogen-bond donors (Lipinski definition) is 2. The first kappa shape index (κ1) is 16.5. The molecule has 1 amide bonds. The summed E-state index contributed by atoms with van der Waals surface area (Å²) in [5.41, 5.74) is 5.85. The molecule has 0 saturated heterocycles. The average molecular weight is 304 g/mol. The molecule has 0 fully saturated rings. The van der Waals surface area contributed by atoms with Crippen LogP contribution >= 0.6 is 11.3 Å². The summed E-state index contributed by atoms with van der Waals surface area (Å²) in [5.74, 6) is 5.13. The molecule has 3 N–H and O–H groups in total. The van der Waals surface area contributed by atoms with Crippen molar-refractivity contribution in [2.75, 3.05) is 13.1 Å². The molecule has 1 heterocycles. The van der Waals surface area contributed by atoms with Crippen LogP contribution in [0.4, 0.5) is 13.2 Å². The van der Waals surface area contributed by atoms with Crippen LogP contribution in [0.5, 0.6) is 0 Å². The van der Waals surface area contributed by atoms with Gasteiger partial charge >= 0.3 is 6.18 Å². The topological polar surface area (TPSA) is 55.1 Å². The Kier molecular flexibility index (Phi) is 6.55. The first-order chi connectivity index (χ1) is 9.44. The van der Waals surface area contributed by atoms with Gasteiger partial charge in [0.25, 0.3) is 5.91 Å². The Hall–Kier alpha value is -1.52. The average Bonchev–Trinajstić information content (AvgIpc) is 2.82. The highest BCUT2D eigenvalue weighted by atomic mass is 32.1. The molecule has 0 unspecified atom stereocenters. The molecule has 0 aliphatic rings. The molecule has 0 radical (unpaired) electrons. The van der Waals surface area contributed by atoms with Crippen molar-refractivity contribution in [2.45, 2.75) is 25.4 Å². The van der Waals surface area contributed by atoms with Crippen molar-refractivity contribution in [3.8, 4) is 11.8 Å². The van der Waals surface area contributed by atoms with Crippen molar-refractivity contribution in [1.82, 2.24) is 5.32 Å². The first-order valence-corrected chi connectivity index (χ1v) is 6.93. The molecule has 3 nitrogen and oxygen atoms in total. The van der Waals surface area contributed by atoms with E-state index in [1.54, 1.807) is 11.4 Å². The van der Waals surface area contributed by atoms with Crippen LogP contribution in [0.1, 0.15) is 34.5 Å². The van der Waals surface area contributed by atoms with E-state index in [2.05, 4.69) is 17.2 Å². The minimum Gasteiger partial charge on any atom is -0.351 e. The highest BCUT2D eigenvalue weighted by Gasteiger charge is 2.25. The molecule has 1 aromatic rings. The van der Waals surface area contributed by atoms with Gasteiger partial charge in [-0.15, -0.1) is 11.3 Å². The fourth-order valence-electron chi connectivity index (χ4n) is 1.46. The molecule has 7 heteroatoms. The second-order valence-electron chi connectivity index (χ2n) is 4.00. The van der Waals surface area contributed by atoms with Gasteiger partial charge in [0.05, 0.1) is 6.54 Å². The van der Waals surface area contributed by atoms with Crippen LogP contribution in [-0.2, 0) is 0 Å². The lowest BCUT2D eigenvalue weighted by molar-refractivity contribution is -0.135. The third kappa shape index (κ3) is 6.08. The zero-order chi connectivity index (χ0) is 15.0. The number of halogens is 3. The lowest BCUT2D eigenvalue weighted by Crippen LogP contribution is -2.24. The van der Waals surface area contributed by atoms with Crippen LogP contribution in [0.25, 0.3) is 0 Å². The van der Waals surface area contributed by atoms with Crippen molar-refractivity contribution in [3.63, 3.8) is 0 Å². The van der Waals surface area contributed by atoms with Gasteiger partial charge in [-0.1, -0.05) is 11.8 Å². The minimum atomic E-state index is -4.14. The van der Waals surface area contributed by atoms with Crippen LogP contribution in [-0.4, -0.2) is 25.2 Å². The maximum Gasteiger partial charge on any atom is 0.389 e. The maximum absolute atomic E-state index is 11.9. The Morgan fingerprint density at radius 3 is 2.80 bits per heavy atom. The lowest BCUT2D eigenvalue weighted by atomic mass is 10.2. The number of thiophene rings is 1. The van der Waals surface area contributed by atoms with Crippen LogP contribution < -0.4 is 11.1 Å². The van der Waals surface area contributed by atoms with Gasteiger partial charge in [-0.25, -0.2) is 0 Å². The van der Waals surface area contributed by atoms with Gasteiger partial charge in [0.15, 0.2) is 0 Å². The van der Waals surface area contributed by atoms with Crippen LogP contribution in [0.2, 0.25) is 0 Å². The predicted molar refractivity (Wildman–Crippen MR) is 72.5 cm³/mol. The molecule has 0 atom stereocenters. The van der Waals surface area contributed by atoms with E-state index in [1.165, 1.54) is 11.3 Å². The van der Waals surface area contributed by atoms with Crippen LogP contribution in [0.15, 0.2) is 11.4 Å². The number of rotatable bonds is 5. The van der Waals surface area contributed by atoms with Gasteiger partial charge in [0.2, 0.25) is 0 Å². The normalized spacial score (nSPS) is 10.8. The number of nitrogens with one attached hydrogen (secondary N) is 1. The third-order valence-electron chi connectivity index (χ3n) is 2.37. The Morgan fingerprint density at radius 1 is 1.40 bits per heavy atom. The summed E-state index contributed by atoms with van der Waals surface area (Å²) >= 11 is 1.24. The Morgan fingerprint density at radius 2 is 2.15 bits per heavy atom. The second-order valence-corrected chi connectivity index (χ2v) is 4.91. The number of unbranched alkanes of at least 4 members (excludes halogenated alkanes) is 1. The van der Waals surface area contributed by atoms with E-state index >= 15 is 0 Å². The summed E-state index contributed by atoms with van der Waals surface area (Å²) in [7, 11) is 0. The van der Waals surface area contributed by atoms with Gasteiger partial charge in [-0.05, 0) is 24.3 Å². The molecule has 1 rings (SSSR count). The van der Waals surface area contributed by atoms with Gasteiger partial charge in [0, 0.05) is 18.5 Å². The molecule has 0 spiro atoms. The van der Waals surface area contributed by atoms with E-state index in [9.17, 15) is 18.0 Å². The van der Waals surface area contributed by atoms with E-state index in [-0.39, 0.29) is 25.4 Å². The third-order valence-corrected chi connectivity index (χ3v) is 3.28. The molecule has 1 aromatic heterocycles. The molecule has 0 aliphatic heterocycles. The van der Waals surface area contributed by atoms with Crippen LogP contribution in [0.3, 0.4) is 0 Å². The maximum atomic E-state index is 11.9. The lowest BCUT2D eigenvalue weighted by Gasteiger charge is -2.06. The van der Waals surface area contributed by atoms with Crippen molar-refractivity contribution >= 4 is 17.2 Å². The largest absolute Gasteiger partial charge is 0.389 e. The van der Waals surface area contributed by atoms with E-state index in [4.69, 9.17) is 5.73 Å². The van der Waals surface area contributed by atoms with Crippen molar-refractivity contribution in [3.05, 3.63) is 21.9 Å². The zero-order valence-electron chi connectivity index (χ0n) is 10.7. The smallest absolute Gasteiger partial charge is 0.351 e. The van der Waals surface area contributed by atoms with Crippen molar-refractivity contribution < 1.29 is 18.0 Å². The highest BCUT2D eigenvalue weighted by Crippen LogP contribution is 2.22. The van der Waals surface area contributed by atoms with Gasteiger partial charge in [0.1, 0.15) is 4.88 Å². The van der Waals surface area contributed by atoms with Crippen LogP contribution in [0, 0.1) is 11.8 Å². The van der Waals surface area contributed by atoms with E-state index < -0.39 is 12.6 Å². The molecular formula is C13H15F3N2OS. The number of hydrogen-bond acceptors (Lipinski definition) is 3. The summed E-state index contributed by atoms with van der Waals surface area (Å²) in [6, 6.07) is 1.71. The van der Waals surface area contributed by atoms with Gasteiger partial charge in [-0.2, -0.15) is 13.2 Å². The minimum absolute atomic E-state index is 0.00799.